The predicted octanol–water partition coefficient (Wildman–Crippen LogP) is 2.96. The zero-order valence-corrected chi connectivity index (χ0v) is 18.7. The van der Waals surface area contributed by atoms with Crippen LogP contribution in [0.15, 0.2) is 24.3 Å². The second-order valence-electron chi connectivity index (χ2n) is 8.16. The number of esters is 1. The molecular formula is C21H32N2O5S. The normalized spacial score (nSPS) is 20.4. The van der Waals surface area contributed by atoms with E-state index in [1.807, 2.05) is 20.8 Å². The Morgan fingerprint density at radius 3 is 2.59 bits per heavy atom. The van der Waals surface area contributed by atoms with Crippen LogP contribution < -0.4 is 9.62 Å². The van der Waals surface area contributed by atoms with E-state index < -0.39 is 10.0 Å². The lowest BCUT2D eigenvalue weighted by Crippen LogP contribution is -2.44. The summed E-state index contributed by atoms with van der Waals surface area (Å²) in [6.07, 6.45) is 1.43. The lowest BCUT2D eigenvalue weighted by atomic mass is 9.94. The number of carbonyl (C=O) groups excluding carboxylic acids is 2. The zero-order chi connectivity index (χ0) is 21.8. The zero-order valence-electron chi connectivity index (χ0n) is 17.8. The van der Waals surface area contributed by atoms with E-state index in [-0.39, 0.29) is 35.7 Å². The number of anilines is 1. The van der Waals surface area contributed by atoms with Gasteiger partial charge in [0.25, 0.3) is 5.91 Å². The third-order valence-electron chi connectivity index (χ3n) is 5.10. The predicted molar refractivity (Wildman–Crippen MR) is 113 cm³/mol. The fourth-order valence-corrected chi connectivity index (χ4v) is 4.69. The molecule has 0 aromatic heterocycles. The highest BCUT2D eigenvalue weighted by atomic mass is 32.2. The molecule has 1 fully saturated rings. The molecule has 2 rings (SSSR count). The van der Waals surface area contributed by atoms with Gasteiger partial charge in [0.1, 0.15) is 6.10 Å². The van der Waals surface area contributed by atoms with Gasteiger partial charge in [-0.05, 0) is 43.4 Å². The van der Waals surface area contributed by atoms with Crippen LogP contribution in [0.25, 0.3) is 0 Å². The lowest BCUT2D eigenvalue weighted by Gasteiger charge is -2.26. The number of amides is 1. The van der Waals surface area contributed by atoms with E-state index in [0.717, 1.165) is 0 Å². The molecule has 1 aromatic carbocycles. The van der Waals surface area contributed by atoms with Crippen molar-refractivity contribution in [2.75, 3.05) is 17.1 Å². The quantitative estimate of drug-likeness (QED) is 0.615. The maximum Gasteiger partial charge on any atom is 0.309 e. The Morgan fingerprint density at radius 1 is 1.34 bits per heavy atom. The van der Waals surface area contributed by atoms with Crippen LogP contribution in [-0.2, 0) is 19.6 Å². The van der Waals surface area contributed by atoms with Crippen LogP contribution >= 0.6 is 0 Å². The molecule has 7 nitrogen and oxygen atoms in total. The van der Waals surface area contributed by atoms with Crippen LogP contribution in [-0.4, -0.2) is 45.2 Å². The average Bonchev–Trinajstić information content (AvgIpc) is 2.99. The van der Waals surface area contributed by atoms with Gasteiger partial charge in [0.2, 0.25) is 10.0 Å². The van der Waals surface area contributed by atoms with Crippen LogP contribution in [0.5, 0.6) is 0 Å². The molecule has 1 aromatic rings. The molecule has 8 heteroatoms. The molecule has 1 aliphatic heterocycles. The van der Waals surface area contributed by atoms with Crippen molar-refractivity contribution in [1.29, 1.82) is 0 Å². The summed E-state index contributed by atoms with van der Waals surface area (Å²) in [6.45, 7) is 7.73. The summed E-state index contributed by atoms with van der Waals surface area (Å²) in [7, 11) is -1.94. The van der Waals surface area contributed by atoms with Crippen molar-refractivity contribution >= 4 is 27.6 Å². The molecule has 1 amide bonds. The molecular weight excluding hydrogens is 392 g/mol. The number of nitrogens with zero attached hydrogens (tertiary/aromatic N) is 1. The van der Waals surface area contributed by atoms with Crippen molar-refractivity contribution in [3.05, 3.63) is 29.8 Å². The van der Waals surface area contributed by atoms with Crippen LogP contribution in [0.4, 0.5) is 5.69 Å². The smallest absolute Gasteiger partial charge is 0.309 e. The summed E-state index contributed by atoms with van der Waals surface area (Å²) in [6, 6.07) is 6.25. The molecule has 1 aliphatic rings. The minimum atomic E-state index is -3.43. The fourth-order valence-electron chi connectivity index (χ4n) is 3.47. The Hall–Kier alpha value is -2.09. The van der Waals surface area contributed by atoms with Crippen LogP contribution in [0, 0.1) is 11.8 Å². The summed E-state index contributed by atoms with van der Waals surface area (Å²) in [4.78, 5) is 24.7. The van der Waals surface area contributed by atoms with Crippen LogP contribution in [0.3, 0.4) is 0 Å². The van der Waals surface area contributed by atoms with Crippen molar-refractivity contribution < 1.29 is 22.7 Å². The monoisotopic (exact) mass is 424 g/mol. The highest BCUT2D eigenvalue weighted by Gasteiger charge is 2.37. The van der Waals surface area contributed by atoms with Gasteiger partial charge in [-0.25, -0.2) is 8.42 Å². The van der Waals surface area contributed by atoms with Gasteiger partial charge in [0.15, 0.2) is 0 Å². The first-order chi connectivity index (χ1) is 13.5. The highest BCUT2D eigenvalue weighted by molar-refractivity contribution is 7.92. The number of benzene rings is 1. The lowest BCUT2D eigenvalue weighted by molar-refractivity contribution is -0.144. The Morgan fingerprint density at radius 2 is 2.03 bits per heavy atom. The van der Waals surface area contributed by atoms with Gasteiger partial charge in [0, 0.05) is 12.6 Å². The molecule has 1 N–H and O–H groups in total. The molecule has 0 unspecified atom stereocenters. The summed E-state index contributed by atoms with van der Waals surface area (Å²) in [5.74, 6) is -0.363. The van der Waals surface area contributed by atoms with E-state index in [1.165, 1.54) is 11.4 Å². The minimum Gasteiger partial charge on any atom is -0.460 e. The van der Waals surface area contributed by atoms with Gasteiger partial charge in [-0.2, -0.15) is 0 Å². The van der Waals surface area contributed by atoms with Crippen LogP contribution in [0.1, 0.15) is 57.3 Å². The molecule has 29 heavy (non-hydrogen) atoms. The Bertz CT molecular complexity index is 837. The first-order valence-corrected chi connectivity index (χ1v) is 11.7. The first-order valence-electron chi connectivity index (χ1n) is 10.1. The fraction of sp³-hybridized carbons (Fsp3) is 0.619. The Kier molecular flexibility index (Phi) is 7.68. The Balaban J connectivity index is 2.19. The molecule has 0 spiro atoms. The van der Waals surface area contributed by atoms with E-state index in [2.05, 4.69) is 5.32 Å². The van der Waals surface area contributed by atoms with Crippen molar-refractivity contribution in [2.24, 2.45) is 11.8 Å². The summed E-state index contributed by atoms with van der Waals surface area (Å²) in [5, 5.41) is 2.99. The topological polar surface area (TPSA) is 92.8 Å². The molecule has 3 atom stereocenters. The number of sulfonamides is 1. The van der Waals surface area contributed by atoms with Gasteiger partial charge in [-0.15, -0.1) is 0 Å². The molecule has 162 valence electrons. The van der Waals surface area contributed by atoms with E-state index >= 15 is 0 Å². The second-order valence-corrected chi connectivity index (χ2v) is 10.3. The van der Waals surface area contributed by atoms with Crippen molar-refractivity contribution in [1.82, 2.24) is 5.32 Å². The second kappa shape index (κ2) is 9.61. The van der Waals surface area contributed by atoms with Gasteiger partial charge in [-0.1, -0.05) is 33.8 Å². The van der Waals surface area contributed by atoms with E-state index in [0.29, 0.717) is 36.4 Å². The standard InChI is InChI=1S/C21H32N2O5S/c1-6-10-29(26,27)23(5)17-9-7-8-16(13-17)20(24)22-18(11-14(2)3)19-12-15(4)21(25)28-19/h7-9,13-15,18-19H,6,10-12H2,1-5H3,(H,22,24)/t15-,18+,19-/m1/s1. The molecule has 0 radical (unpaired) electrons. The maximum absolute atomic E-state index is 12.9. The number of rotatable bonds is 9. The average molecular weight is 425 g/mol. The highest BCUT2D eigenvalue weighted by Crippen LogP contribution is 2.26. The van der Waals surface area contributed by atoms with Gasteiger partial charge in [-0.3, -0.25) is 13.9 Å². The third-order valence-corrected chi connectivity index (χ3v) is 7.07. The minimum absolute atomic E-state index is 0.0433. The van der Waals surface area contributed by atoms with Gasteiger partial charge in [0.05, 0.1) is 23.4 Å². The van der Waals surface area contributed by atoms with Gasteiger partial charge >= 0.3 is 5.97 Å². The molecule has 1 heterocycles. The Labute approximate surface area is 173 Å². The number of nitrogens with one attached hydrogen (secondary N) is 1. The molecule has 0 saturated carbocycles. The first kappa shape index (κ1) is 23.2. The number of hydrogen-bond donors (Lipinski definition) is 1. The van der Waals surface area contributed by atoms with Crippen molar-refractivity contribution in [3.8, 4) is 0 Å². The van der Waals surface area contributed by atoms with Crippen LogP contribution in [0.2, 0.25) is 0 Å². The van der Waals surface area contributed by atoms with Gasteiger partial charge < -0.3 is 10.1 Å². The number of cyclic esters (lactones) is 1. The maximum atomic E-state index is 12.9. The molecule has 1 saturated heterocycles. The molecule has 0 bridgehead atoms. The summed E-state index contributed by atoms with van der Waals surface area (Å²) in [5.41, 5.74) is 0.805. The SMILES string of the molecule is CCCS(=O)(=O)N(C)c1cccc(C(=O)N[C@@H](CC(C)C)[C@H]2C[C@@H](C)C(=O)O2)c1. The van der Waals surface area contributed by atoms with E-state index in [4.69, 9.17) is 4.74 Å². The van der Waals surface area contributed by atoms with E-state index in [1.54, 1.807) is 31.2 Å². The number of ether oxygens (including phenoxy) is 1. The number of carbonyl (C=O) groups is 2. The van der Waals surface area contributed by atoms with E-state index in [9.17, 15) is 18.0 Å². The summed E-state index contributed by atoms with van der Waals surface area (Å²) < 4.78 is 31.3. The van der Waals surface area contributed by atoms with Crippen molar-refractivity contribution in [2.45, 2.75) is 59.1 Å². The van der Waals surface area contributed by atoms with Crippen molar-refractivity contribution in [3.63, 3.8) is 0 Å². The third kappa shape index (κ3) is 5.95. The largest absolute Gasteiger partial charge is 0.460 e. The molecule has 0 aliphatic carbocycles. The summed E-state index contributed by atoms with van der Waals surface area (Å²) >= 11 is 0. The number of hydrogen-bond acceptors (Lipinski definition) is 5.